The lowest BCUT2D eigenvalue weighted by Crippen LogP contribution is -2.36. The Balaban J connectivity index is 1.78. The zero-order valence-electron chi connectivity index (χ0n) is 13.9. The first-order valence-electron chi connectivity index (χ1n) is 7.70. The van der Waals surface area contributed by atoms with E-state index in [4.69, 9.17) is 0 Å². The van der Waals surface area contributed by atoms with Crippen molar-refractivity contribution in [1.29, 1.82) is 0 Å². The minimum atomic E-state index is -4.59. The number of aliphatic imine (C=N–C) groups is 1. The van der Waals surface area contributed by atoms with Gasteiger partial charge in [-0.2, -0.15) is 18.3 Å². The molecule has 146 valence electrons. The van der Waals surface area contributed by atoms with Crippen LogP contribution in [0.5, 0.6) is 0 Å². The second-order valence-electron chi connectivity index (χ2n) is 5.34. The minimum Gasteiger partial charge on any atom is -0.309 e. The van der Waals surface area contributed by atoms with E-state index in [-0.39, 0.29) is 23.9 Å². The molecule has 0 saturated heterocycles. The molecule has 3 aromatic rings. The van der Waals surface area contributed by atoms with Gasteiger partial charge in [-0.3, -0.25) is 15.2 Å². The van der Waals surface area contributed by atoms with Crippen LogP contribution in [0.3, 0.4) is 0 Å². The van der Waals surface area contributed by atoms with Crippen molar-refractivity contribution in [2.75, 3.05) is 5.32 Å². The molecule has 28 heavy (non-hydrogen) atoms. The number of nitrogens with zero attached hydrogens (tertiary/aromatic N) is 3. The fraction of sp³-hybridized carbons (Fsp3) is 0.125. The molecule has 0 fully saturated rings. The van der Waals surface area contributed by atoms with Gasteiger partial charge in [-0.15, -0.1) is 11.3 Å². The molecule has 3 N–H and O–H groups in total. The lowest BCUT2D eigenvalue weighted by atomic mass is 10.2. The molecule has 0 aliphatic heterocycles. The highest BCUT2D eigenvalue weighted by Crippen LogP contribution is 2.28. The summed E-state index contributed by atoms with van der Waals surface area (Å²) in [4.78, 5) is 20.5. The summed E-state index contributed by atoms with van der Waals surface area (Å²) < 4.78 is 51.1. The molecule has 0 aliphatic rings. The highest BCUT2D eigenvalue weighted by Gasteiger charge is 2.33. The minimum absolute atomic E-state index is 0.0836. The molecule has 1 aromatic carbocycles. The Labute approximate surface area is 159 Å². The van der Waals surface area contributed by atoms with Gasteiger partial charge in [0.15, 0.2) is 5.82 Å². The molecule has 0 saturated carbocycles. The zero-order chi connectivity index (χ0) is 20.1. The largest absolute Gasteiger partial charge is 0.432 e. The Morgan fingerprint density at radius 3 is 2.61 bits per heavy atom. The Hall–Kier alpha value is -3.28. The normalized spacial score (nSPS) is 12.1. The number of thiazole rings is 1. The van der Waals surface area contributed by atoms with E-state index in [1.165, 1.54) is 23.5 Å². The highest BCUT2D eigenvalue weighted by atomic mass is 32.1. The summed E-state index contributed by atoms with van der Waals surface area (Å²) in [7, 11) is 0. The van der Waals surface area contributed by atoms with Crippen LogP contribution in [0.1, 0.15) is 21.1 Å². The maximum atomic E-state index is 13.0. The molecular formula is C16H12F4N6OS. The number of rotatable bonds is 4. The van der Waals surface area contributed by atoms with Crippen LogP contribution in [0, 0.1) is 5.82 Å². The maximum Gasteiger partial charge on any atom is 0.432 e. The number of hydrogen-bond donors (Lipinski definition) is 3. The number of halogens is 4. The molecule has 0 unspecified atom stereocenters. The van der Waals surface area contributed by atoms with Gasteiger partial charge in [-0.25, -0.2) is 14.4 Å². The van der Waals surface area contributed by atoms with Crippen molar-refractivity contribution in [2.24, 2.45) is 4.99 Å². The van der Waals surface area contributed by atoms with Crippen molar-refractivity contribution in [3.63, 3.8) is 0 Å². The van der Waals surface area contributed by atoms with Gasteiger partial charge in [0.2, 0.25) is 5.96 Å². The van der Waals surface area contributed by atoms with E-state index < -0.39 is 23.6 Å². The molecule has 2 aromatic heterocycles. The van der Waals surface area contributed by atoms with Crippen LogP contribution in [0.15, 0.2) is 46.9 Å². The number of carbonyl (C=O) groups excluding carboxylic acids is 1. The second-order valence-corrected chi connectivity index (χ2v) is 6.32. The lowest BCUT2D eigenvalue weighted by Gasteiger charge is -2.09. The molecule has 0 spiro atoms. The average Bonchev–Trinajstić information content (AvgIpc) is 3.31. The van der Waals surface area contributed by atoms with E-state index in [1.807, 2.05) is 5.10 Å². The first-order valence-corrected chi connectivity index (χ1v) is 8.58. The summed E-state index contributed by atoms with van der Waals surface area (Å²) in [5.41, 5.74) is -0.915. The van der Waals surface area contributed by atoms with Gasteiger partial charge in [0.1, 0.15) is 16.5 Å². The monoisotopic (exact) mass is 412 g/mol. The number of carbonyl (C=O) groups is 1. The first-order chi connectivity index (χ1) is 13.3. The van der Waals surface area contributed by atoms with Crippen molar-refractivity contribution in [1.82, 2.24) is 20.5 Å². The maximum absolute atomic E-state index is 13.0. The van der Waals surface area contributed by atoms with Gasteiger partial charge in [0, 0.05) is 23.2 Å². The van der Waals surface area contributed by atoms with Gasteiger partial charge >= 0.3 is 6.18 Å². The molecule has 0 bridgehead atoms. The van der Waals surface area contributed by atoms with Crippen LogP contribution in [-0.4, -0.2) is 27.0 Å². The number of benzene rings is 1. The SMILES string of the molecule is O=C(NC(=NCc1nccs1)Nc1cc(C(F)(F)F)[nH]n1)c1ccc(F)cc1. The van der Waals surface area contributed by atoms with Gasteiger partial charge in [0.05, 0.1) is 6.54 Å². The highest BCUT2D eigenvalue weighted by molar-refractivity contribution is 7.09. The van der Waals surface area contributed by atoms with E-state index >= 15 is 0 Å². The van der Waals surface area contributed by atoms with Crippen LogP contribution >= 0.6 is 11.3 Å². The van der Waals surface area contributed by atoms with Crippen LogP contribution in [0.4, 0.5) is 23.4 Å². The Morgan fingerprint density at radius 2 is 2.00 bits per heavy atom. The molecule has 2 heterocycles. The fourth-order valence-corrected chi connectivity index (χ4v) is 2.56. The Morgan fingerprint density at radius 1 is 1.25 bits per heavy atom. The molecule has 0 aliphatic carbocycles. The third kappa shape index (κ3) is 5.13. The summed E-state index contributed by atoms with van der Waals surface area (Å²) in [6.45, 7) is 0.0836. The van der Waals surface area contributed by atoms with E-state index in [0.29, 0.717) is 5.01 Å². The number of alkyl halides is 3. The summed E-state index contributed by atoms with van der Waals surface area (Å²) >= 11 is 1.32. The molecule has 7 nitrogen and oxygen atoms in total. The van der Waals surface area contributed by atoms with E-state index in [1.54, 1.807) is 11.6 Å². The summed E-state index contributed by atoms with van der Waals surface area (Å²) in [6.07, 6.45) is -3.02. The van der Waals surface area contributed by atoms with Gasteiger partial charge < -0.3 is 5.32 Å². The number of aromatic nitrogens is 3. The molecule has 12 heteroatoms. The number of amides is 1. The first kappa shape index (κ1) is 19.5. The number of nitrogens with one attached hydrogen (secondary N) is 3. The lowest BCUT2D eigenvalue weighted by molar-refractivity contribution is -0.141. The van der Waals surface area contributed by atoms with E-state index in [2.05, 4.69) is 25.7 Å². The molecule has 3 rings (SSSR count). The number of hydrogen-bond acceptors (Lipinski definition) is 5. The average molecular weight is 412 g/mol. The Bertz CT molecular complexity index is 966. The quantitative estimate of drug-likeness (QED) is 0.348. The number of anilines is 1. The molecular weight excluding hydrogens is 400 g/mol. The predicted molar refractivity (Wildman–Crippen MR) is 94.3 cm³/mol. The van der Waals surface area contributed by atoms with Crippen molar-refractivity contribution in [3.05, 3.63) is 64.0 Å². The second kappa shape index (κ2) is 8.17. The van der Waals surface area contributed by atoms with Crippen LogP contribution < -0.4 is 10.6 Å². The van der Waals surface area contributed by atoms with Gasteiger partial charge in [0.25, 0.3) is 5.91 Å². The Kier molecular flexibility index (Phi) is 5.68. The molecule has 0 atom stereocenters. The predicted octanol–water partition coefficient (Wildman–Crippen LogP) is 3.42. The van der Waals surface area contributed by atoms with E-state index in [0.717, 1.165) is 18.2 Å². The number of H-pyrrole nitrogens is 1. The smallest absolute Gasteiger partial charge is 0.309 e. The number of aromatic amines is 1. The van der Waals surface area contributed by atoms with Crippen LogP contribution in [-0.2, 0) is 12.7 Å². The molecule has 1 amide bonds. The van der Waals surface area contributed by atoms with Crippen LogP contribution in [0.25, 0.3) is 0 Å². The van der Waals surface area contributed by atoms with Crippen LogP contribution in [0.2, 0.25) is 0 Å². The van der Waals surface area contributed by atoms with Gasteiger partial charge in [-0.05, 0) is 24.3 Å². The summed E-state index contributed by atoms with van der Waals surface area (Å²) in [5, 5.41) is 12.7. The van der Waals surface area contributed by atoms with Crippen molar-refractivity contribution < 1.29 is 22.4 Å². The van der Waals surface area contributed by atoms with Crippen molar-refractivity contribution in [2.45, 2.75) is 12.7 Å². The fourth-order valence-electron chi connectivity index (χ4n) is 2.02. The summed E-state index contributed by atoms with van der Waals surface area (Å²) in [6, 6.07) is 5.48. The zero-order valence-corrected chi connectivity index (χ0v) is 14.7. The summed E-state index contributed by atoms with van der Waals surface area (Å²) in [5.74, 6) is -1.46. The third-order valence-corrected chi connectivity index (χ3v) is 4.09. The standard InChI is InChI=1S/C16H12F4N6OS/c17-10-3-1-9(2-4-10)14(27)24-15(22-8-13-21-5-6-28-13)23-12-7-11(25-26-12)16(18,19)20/h1-7H,8H2,(H3,22,23,24,25,26,27). The topological polar surface area (TPSA) is 95.1 Å². The van der Waals surface area contributed by atoms with Crippen molar-refractivity contribution in [3.8, 4) is 0 Å². The van der Waals surface area contributed by atoms with Gasteiger partial charge in [-0.1, -0.05) is 0 Å². The van der Waals surface area contributed by atoms with E-state index in [9.17, 15) is 22.4 Å². The third-order valence-electron chi connectivity index (χ3n) is 3.32. The van der Waals surface area contributed by atoms with Crippen molar-refractivity contribution >= 4 is 29.0 Å². The molecule has 0 radical (unpaired) electrons. The number of guanidine groups is 1.